The molecule has 186 valence electrons. The van der Waals surface area contributed by atoms with Gasteiger partial charge in [0.1, 0.15) is 5.75 Å². The second-order valence-electron chi connectivity index (χ2n) is 7.71. The number of nitrogens with one attached hydrogen (secondary N) is 1. The molecule has 9 heteroatoms. The van der Waals surface area contributed by atoms with Crippen molar-refractivity contribution in [1.82, 2.24) is 5.32 Å². The van der Waals surface area contributed by atoms with Crippen LogP contribution in [0.3, 0.4) is 0 Å². The minimum absolute atomic E-state index is 0.0197. The number of rotatable bonds is 12. The number of allylic oxidation sites excluding steroid dienone is 1. The van der Waals surface area contributed by atoms with Crippen LogP contribution < -0.4 is 25.3 Å². The minimum Gasteiger partial charge on any atom is -0.493 e. The van der Waals surface area contributed by atoms with Crippen molar-refractivity contribution in [3.05, 3.63) is 77.0 Å². The monoisotopic (exact) mass is 502 g/mol. The molecule has 0 atom stereocenters. The average Bonchev–Trinajstić information content (AvgIpc) is 3.67. The maximum atomic E-state index is 12.9. The van der Waals surface area contributed by atoms with Crippen LogP contribution in [0.25, 0.3) is 11.6 Å². The lowest BCUT2D eigenvalue weighted by atomic mass is 10.0. The molecule has 1 amide bonds. The number of thioether (sulfide) groups is 1. The van der Waals surface area contributed by atoms with Gasteiger partial charge in [-0.25, -0.2) is 0 Å². The zero-order valence-electron chi connectivity index (χ0n) is 19.5. The number of amides is 1. The van der Waals surface area contributed by atoms with Gasteiger partial charge in [-0.3, -0.25) is 4.79 Å². The fraction of sp³-hybridized carbons (Fsp3) is 0.269. The van der Waals surface area contributed by atoms with Crippen LogP contribution in [-0.2, 0) is 4.79 Å². The Morgan fingerprint density at radius 3 is 2.60 bits per heavy atom. The van der Waals surface area contributed by atoms with E-state index < -0.39 is 12.5 Å². The summed E-state index contributed by atoms with van der Waals surface area (Å²) in [6.45, 7) is -2.34. The van der Waals surface area contributed by atoms with E-state index in [4.69, 9.17) is 15.2 Å². The van der Waals surface area contributed by atoms with E-state index in [2.05, 4.69) is 10.1 Å². The molecule has 0 saturated heterocycles. The quantitative estimate of drug-likeness (QED) is 0.298. The summed E-state index contributed by atoms with van der Waals surface area (Å²) in [5.41, 5.74) is 7.90. The Hall–Kier alpha value is -3.46. The third-order valence-electron chi connectivity index (χ3n) is 5.13. The molecule has 1 aliphatic carbocycles. The first-order chi connectivity index (χ1) is 16.9. The summed E-state index contributed by atoms with van der Waals surface area (Å²) in [7, 11) is 1.58. The number of halogens is 2. The molecule has 1 saturated carbocycles. The summed E-state index contributed by atoms with van der Waals surface area (Å²) in [4.78, 5) is 12.9. The van der Waals surface area contributed by atoms with Crippen molar-refractivity contribution in [2.75, 3.05) is 20.0 Å². The van der Waals surface area contributed by atoms with Crippen molar-refractivity contribution in [3.63, 3.8) is 0 Å². The molecule has 0 aliphatic heterocycles. The summed E-state index contributed by atoms with van der Waals surface area (Å²) in [5, 5.41) is 4.38. The van der Waals surface area contributed by atoms with Crippen LogP contribution in [0.5, 0.6) is 17.2 Å². The van der Waals surface area contributed by atoms with Gasteiger partial charge in [-0.2, -0.15) is 8.78 Å². The molecule has 0 radical (unpaired) electrons. The van der Waals surface area contributed by atoms with Crippen LogP contribution in [0.4, 0.5) is 8.78 Å². The van der Waals surface area contributed by atoms with Crippen LogP contribution in [0.15, 0.2) is 65.8 Å². The Bertz CT molecular complexity index is 1100. The fourth-order valence-electron chi connectivity index (χ4n) is 3.21. The predicted molar refractivity (Wildman–Crippen MR) is 135 cm³/mol. The van der Waals surface area contributed by atoms with E-state index in [-0.39, 0.29) is 17.0 Å². The third kappa shape index (κ3) is 7.78. The zero-order chi connectivity index (χ0) is 25.2. The fourth-order valence-corrected chi connectivity index (χ4v) is 3.41. The predicted octanol–water partition coefficient (Wildman–Crippen LogP) is 5.42. The van der Waals surface area contributed by atoms with Gasteiger partial charge in [0.15, 0.2) is 11.5 Å². The molecule has 0 heterocycles. The maximum Gasteiger partial charge on any atom is 0.387 e. The Labute approximate surface area is 207 Å². The number of benzene rings is 2. The SMILES string of the molecule is COc1cccc(/C=C/C(N)=C(/C(=O)N/C=C\SC)c2ccc(OC(F)F)cc2)c1OCC1CC1. The number of hydrogen-bond donors (Lipinski definition) is 2. The number of carbonyl (C=O) groups excluding carboxylic acids is 1. The molecule has 3 N–H and O–H groups in total. The van der Waals surface area contributed by atoms with Crippen molar-refractivity contribution >= 4 is 29.3 Å². The first-order valence-electron chi connectivity index (χ1n) is 10.9. The van der Waals surface area contributed by atoms with Gasteiger partial charge in [0.25, 0.3) is 5.91 Å². The number of ether oxygens (including phenoxy) is 3. The maximum absolute atomic E-state index is 12.9. The Balaban J connectivity index is 1.94. The molecule has 35 heavy (non-hydrogen) atoms. The summed E-state index contributed by atoms with van der Waals surface area (Å²) >= 11 is 1.42. The number of hydrogen-bond acceptors (Lipinski definition) is 6. The van der Waals surface area contributed by atoms with Crippen molar-refractivity contribution in [1.29, 1.82) is 0 Å². The Morgan fingerprint density at radius 1 is 1.23 bits per heavy atom. The van der Waals surface area contributed by atoms with Gasteiger partial charge in [-0.05, 0) is 66.3 Å². The van der Waals surface area contributed by atoms with Gasteiger partial charge >= 0.3 is 6.61 Å². The Morgan fingerprint density at radius 2 is 1.97 bits per heavy atom. The molecular formula is C26H28F2N2O4S. The highest BCUT2D eigenvalue weighted by molar-refractivity contribution is 8.01. The largest absolute Gasteiger partial charge is 0.493 e. The average molecular weight is 503 g/mol. The van der Waals surface area contributed by atoms with E-state index in [1.807, 2.05) is 24.5 Å². The summed E-state index contributed by atoms with van der Waals surface area (Å²) in [6.07, 6.45) is 9.02. The molecule has 0 unspecified atom stereocenters. The van der Waals surface area contributed by atoms with E-state index in [0.717, 1.165) is 18.4 Å². The van der Waals surface area contributed by atoms with Crippen LogP contribution in [-0.4, -0.2) is 32.5 Å². The third-order valence-corrected chi connectivity index (χ3v) is 5.54. The van der Waals surface area contributed by atoms with E-state index >= 15 is 0 Å². The normalized spacial score (nSPS) is 14.3. The van der Waals surface area contributed by atoms with Gasteiger partial charge in [0.05, 0.1) is 19.3 Å². The topological polar surface area (TPSA) is 82.8 Å². The van der Waals surface area contributed by atoms with Crippen LogP contribution in [0.2, 0.25) is 0 Å². The van der Waals surface area contributed by atoms with Gasteiger partial charge in [-0.1, -0.05) is 24.3 Å². The van der Waals surface area contributed by atoms with Gasteiger partial charge in [0.2, 0.25) is 0 Å². The number of para-hydroxylation sites is 1. The smallest absolute Gasteiger partial charge is 0.387 e. The van der Waals surface area contributed by atoms with Gasteiger partial charge in [0, 0.05) is 17.5 Å². The molecule has 0 aromatic heterocycles. The van der Waals surface area contributed by atoms with Gasteiger partial charge < -0.3 is 25.3 Å². The minimum atomic E-state index is -2.94. The first-order valence-corrected chi connectivity index (χ1v) is 12.2. The van der Waals surface area contributed by atoms with Gasteiger partial charge in [-0.15, -0.1) is 11.8 Å². The zero-order valence-corrected chi connectivity index (χ0v) is 20.3. The molecule has 2 aromatic carbocycles. The van der Waals surface area contributed by atoms with Crippen molar-refractivity contribution in [2.24, 2.45) is 11.7 Å². The number of methoxy groups -OCH3 is 1. The van der Waals surface area contributed by atoms with Crippen molar-refractivity contribution in [3.8, 4) is 17.2 Å². The number of carbonyl (C=O) groups is 1. The molecule has 1 fully saturated rings. The summed E-state index contributed by atoms with van der Waals surface area (Å²) < 4.78 is 40.9. The first kappa shape index (κ1) is 26.2. The molecule has 2 aromatic rings. The highest BCUT2D eigenvalue weighted by Crippen LogP contribution is 2.36. The molecule has 0 spiro atoms. The second kappa shape index (κ2) is 12.9. The van der Waals surface area contributed by atoms with Crippen LogP contribution in [0.1, 0.15) is 24.0 Å². The lowest BCUT2D eigenvalue weighted by Gasteiger charge is -2.13. The highest BCUT2D eigenvalue weighted by Gasteiger charge is 2.23. The van der Waals surface area contributed by atoms with Crippen LogP contribution >= 0.6 is 11.8 Å². The lowest BCUT2D eigenvalue weighted by Crippen LogP contribution is -2.21. The molecule has 3 rings (SSSR count). The Kier molecular flexibility index (Phi) is 9.60. The highest BCUT2D eigenvalue weighted by atomic mass is 32.2. The van der Waals surface area contributed by atoms with E-state index in [1.54, 1.807) is 24.7 Å². The molecule has 0 bridgehead atoms. The van der Waals surface area contributed by atoms with Crippen molar-refractivity contribution in [2.45, 2.75) is 19.5 Å². The second-order valence-corrected chi connectivity index (χ2v) is 8.46. The molecule has 6 nitrogen and oxygen atoms in total. The molecular weight excluding hydrogens is 474 g/mol. The standard InChI is InChI=1S/C26H28F2N2O4S/c1-32-22-5-3-4-19(24(22)33-16-17-6-7-17)10-13-21(29)23(25(31)30-14-15-35-2)18-8-11-20(12-9-18)34-26(27)28/h3-5,8-15,17,26H,6-7,16,29H2,1-2H3,(H,30,31)/b13-10+,15-14-,23-21-. The molecule has 1 aliphatic rings. The van der Waals surface area contributed by atoms with Crippen LogP contribution in [0, 0.1) is 5.92 Å². The van der Waals surface area contributed by atoms with E-state index in [0.29, 0.717) is 29.6 Å². The summed E-state index contributed by atoms with van der Waals surface area (Å²) in [5.74, 6) is 1.30. The number of alkyl halides is 2. The van der Waals surface area contributed by atoms with E-state index in [9.17, 15) is 13.6 Å². The summed E-state index contributed by atoms with van der Waals surface area (Å²) in [6, 6.07) is 11.2. The lowest BCUT2D eigenvalue weighted by molar-refractivity contribution is -0.114. The van der Waals surface area contributed by atoms with Crippen molar-refractivity contribution < 1.29 is 27.8 Å². The van der Waals surface area contributed by atoms with E-state index in [1.165, 1.54) is 42.2 Å². The number of nitrogens with two attached hydrogens (primary N) is 1.